The number of ketones is 1. The van der Waals surface area contributed by atoms with E-state index in [0.29, 0.717) is 10.6 Å². The number of esters is 1. The third-order valence-electron chi connectivity index (χ3n) is 3.71. The molecular weight excluding hydrogens is 313 g/mol. The van der Waals surface area contributed by atoms with E-state index in [0.717, 1.165) is 19.3 Å². The lowest BCUT2D eigenvalue weighted by Crippen LogP contribution is -2.35. The predicted molar refractivity (Wildman–Crippen MR) is 80.4 cm³/mol. The van der Waals surface area contributed by atoms with Crippen molar-refractivity contribution in [1.82, 2.24) is 4.98 Å². The van der Waals surface area contributed by atoms with Crippen molar-refractivity contribution in [1.29, 1.82) is 0 Å². The zero-order valence-electron chi connectivity index (χ0n) is 11.8. The smallest absolute Gasteiger partial charge is 0.316 e. The van der Waals surface area contributed by atoms with E-state index in [9.17, 15) is 9.59 Å². The summed E-state index contributed by atoms with van der Waals surface area (Å²) in [6.07, 6.45) is 4.54. The average molecular weight is 330 g/mol. The van der Waals surface area contributed by atoms with E-state index in [-0.39, 0.29) is 29.9 Å². The van der Waals surface area contributed by atoms with Crippen LogP contribution in [0.15, 0.2) is 12.3 Å². The van der Waals surface area contributed by atoms with E-state index in [2.05, 4.69) is 4.98 Å². The van der Waals surface area contributed by atoms with Crippen molar-refractivity contribution < 1.29 is 14.3 Å². The number of carbonyl (C=O) groups excluding carboxylic acids is 2. The molecule has 1 aromatic heterocycles. The second-order valence-electron chi connectivity index (χ2n) is 5.16. The van der Waals surface area contributed by atoms with E-state index in [1.807, 2.05) is 0 Å². The van der Waals surface area contributed by atoms with Crippen LogP contribution >= 0.6 is 23.2 Å². The largest absolute Gasteiger partial charge is 0.465 e. The first-order valence-electron chi connectivity index (χ1n) is 7.03. The monoisotopic (exact) mass is 329 g/mol. The molecule has 6 heteroatoms. The fourth-order valence-corrected chi connectivity index (χ4v) is 2.62. The minimum Gasteiger partial charge on any atom is -0.465 e. The number of pyridine rings is 1. The van der Waals surface area contributed by atoms with Crippen LogP contribution in [0.4, 0.5) is 0 Å². The van der Waals surface area contributed by atoms with Crippen LogP contribution in [-0.2, 0) is 20.7 Å². The fraction of sp³-hybridized carbons (Fsp3) is 0.533. The Balaban J connectivity index is 2.15. The second kappa shape index (κ2) is 7.23. The summed E-state index contributed by atoms with van der Waals surface area (Å²) in [6.45, 7) is 1.98. The normalized spacial score (nSPS) is 16.1. The van der Waals surface area contributed by atoms with Gasteiger partial charge in [-0.3, -0.25) is 9.59 Å². The Kier molecular flexibility index (Phi) is 5.59. The summed E-state index contributed by atoms with van der Waals surface area (Å²) in [5.74, 6) is -1.31. The van der Waals surface area contributed by atoms with E-state index in [1.165, 1.54) is 6.20 Å². The molecule has 21 heavy (non-hydrogen) atoms. The van der Waals surface area contributed by atoms with Gasteiger partial charge in [0.15, 0.2) is 5.78 Å². The molecule has 0 aromatic carbocycles. The summed E-state index contributed by atoms with van der Waals surface area (Å²) in [6, 6.07) is 1.64. The van der Waals surface area contributed by atoms with Crippen LogP contribution in [-0.4, -0.2) is 23.3 Å². The number of hydrogen-bond acceptors (Lipinski definition) is 4. The first-order chi connectivity index (χ1) is 10.0. The molecule has 0 bridgehead atoms. The molecule has 1 unspecified atom stereocenters. The average Bonchev–Trinajstić information content (AvgIpc) is 2.38. The van der Waals surface area contributed by atoms with Gasteiger partial charge in [0.25, 0.3) is 0 Å². The van der Waals surface area contributed by atoms with Crippen molar-refractivity contribution in [3.05, 3.63) is 28.0 Å². The van der Waals surface area contributed by atoms with Gasteiger partial charge in [-0.2, -0.15) is 0 Å². The number of halogens is 2. The molecule has 1 aliphatic rings. The third kappa shape index (κ3) is 3.95. The molecule has 2 rings (SSSR count). The quantitative estimate of drug-likeness (QED) is 0.455. The summed E-state index contributed by atoms with van der Waals surface area (Å²) in [5, 5.41) is 0.520. The molecular formula is C15H17Cl2NO3. The van der Waals surface area contributed by atoms with E-state index in [4.69, 9.17) is 27.9 Å². The summed E-state index contributed by atoms with van der Waals surface area (Å²) >= 11 is 11.7. The molecule has 0 saturated heterocycles. The topological polar surface area (TPSA) is 56.3 Å². The number of rotatable bonds is 6. The van der Waals surface area contributed by atoms with Crippen molar-refractivity contribution in [2.45, 2.75) is 32.6 Å². The highest BCUT2D eigenvalue weighted by atomic mass is 35.5. The van der Waals surface area contributed by atoms with Gasteiger partial charge in [0.05, 0.1) is 11.6 Å². The molecule has 0 spiro atoms. The number of aromatic nitrogens is 1. The number of ether oxygens (including phenoxy) is 1. The van der Waals surface area contributed by atoms with Crippen LogP contribution in [0.1, 0.15) is 31.7 Å². The van der Waals surface area contributed by atoms with E-state index in [1.54, 1.807) is 13.0 Å². The molecule has 1 atom stereocenters. The van der Waals surface area contributed by atoms with Gasteiger partial charge in [0.1, 0.15) is 11.1 Å². The van der Waals surface area contributed by atoms with Gasteiger partial charge in [-0.1, -0.05) is 29.6 Å². The maximum atomic E-state index is 12.4. The van der Waals surface area contributed by atoms with Gasteiger partial charge in [0.2, 0.25) is 0 Å². The Labute approximate surface area is 133 Å². The highest BCUT2D eigenvalue weighted by Crippen LogP contribution is 2.31. The van der Waals surface area contributed by atoms with Crippen molar-refractivity contribution in [3.8, 4) is 0 Å². The SMILES string of the molecule is CCOC(=O)C(Cc1cnc(Cl)c(Cl)c1)C(=O)C1CCC1. The Hall–Kier alpha value is -1.13. The molecule has 0 radical (unpaired) electrons. The molecule has 4 nitrogen and oxygen atoms in total. The molecule has 0 N–H and O–H groups in total. The number of carbonyl (C=O) groups is 2. The van der Waals surface area contributed by atoms with Crippen LogP contribution in [0.2, 0.25) is 10.2 Å². The van der Waals surface area contributed by atoms with Crippen molar-refractivity contribution in [2.75, 3.05) is 6.61 Å². The predicted octanol–water partition coefficient (Wildman–Crippen LogP) is 3.48. The second-order valence-corrected chi connectivity index (χ2v) is 5.92. The van der Waals surface area contributed by atoms with Crippen molar-refractivity contribution in [3.63, 3.8) is 0 Å². The van der Waals surface area contributed by atoms with Crippen LogP contribution < -0.4 is 0 Å². The highest BCUT2D eigenvalue weighted by Gasteiger charge is 2.36. The zero-order chi connectivity index (χ0) is 15.4. The Morgan fingerprint density at radius 2 is 2.14 bits per heavy atom. The third-order valence-corrected chi connectivity index (χ3v) is 4.40. The van der Waals surface area contributed by atoms with Gasteiger partial charge in [-0.15, -0.1) is 0 Å². The lowest BCUT2D eigenvalue weighted by Gasteiger charge is -2.27. The Bertz CT molecular complexity index is 544. The summed E-state index contributed by atoms with van der Waals surface area (Å²) in [5.41, 5.74) is 0.704. The number of Topliss-reactive ketones (excluding diaryl/α,β-unsaturated/α-hetero) is 1. The maximum absolute atomic E-state index is 12.4. The lowest BCUT2D eigenvalue weighted by molar-refractivity contribution is -0.153. The Morgan fingerprint density at radius 3 is 2.67 bits per heavy atom. The van der Waals surface area contributed by atoms with Crippen molar-refractivity contribution in [2.24, 2.45) is 11.8 Å². The number of nitrogens with zero attached hydrogens (tertiary/aromatic N) is 1. The standard InChI is InChI=1S/C15H17Cl2NO3/c1-2-21-15(20)11(13(19)10-4-3-5-10)6-9-7-12(16)14(17)18-8-9/h7-8,10-11H,2-6H2,1H3. The Morgan fingerprint density at radius 1 is 1.43 bits per heavy atom. The summed E-state index contributed by atoms with van der Waals surface area (Å²) in [4.78, 5) is 28.4. The fourth-order valence-electron chi connectivity index (χ4n) is 2.33. The highest BCUT2D eigenvalue weighted by molar-refractivity contribution is 6.41. The lowest BCUT2D eigenvalue weighted by atomic mass is 9.76. The molecule has 0 amide bonds. The van der Waals surface area contributed by atoms with Crippen LogP contribution in [0.25, 0.3) is 0 Å². The van der Waals surface area contributed by atoms with Gasteiger partial charge in [0, 0.05) is 12.1 Å². The van der Waals surface area contributed by atoms with Crippen LogP contribution in [0.3, 0.4) is 0 Å². The molecule has 1 aromatic rings. The molecule has 1 aliphatic carbocycles. The number of hydrogen-bond donors (Lipinski definition) is 0. The first kappa shape index (κ1) is 16.2. The maximum Gasteiger partial charge on any atom is 0.316 e. The van der Waals surface area contributed by atoms with Crippen LogP contribution in [0, 0.1) is 11.8 Å². The molecule has 1 saturated carbocycles. The molecule has 0 aliphatic heterocycles. The summed E-state index contributed by atoms with van der Waals surface area (Å²) in [7, 11) is 0. The van der Waals surface area contributed by atoms with Crippen LogP contribution in [0.5, 0.6) is 0 Å². The van der Waals surface area contributed by atoms with Crippen molar-refractivity contribution >= 4 is 35.0 Å². The minimum absolute atomic E-state index is 0.0184. The molecule has 1 heterocycles. The van der Waals surface area contributed by atoms with E-state index >= 15 is 0 Å². The minimum atomic E-state index is -0.783. The van der Waals surface area contributed by atoms with Gasteiger partial charge in [-0.05, 0) is 37.8 Å². The van der Waals surface area contributed by atoms with Gasteiger partial charge in [-0.25, -0.2) is 4.98 Å². The summed E-state index contributed by atoms with van der Waals surface area (Å²) < 4.78 is 5.03. The van der Waals surface area contributed by atoms with E-state index < -0.39 is 11.9 Å². The molecule has 114 valence electrons. The molecule has 1 fully saturated rings. The first-order valence-corrected chi connectivity index (χ1v) is 7.78. The zero-order valence-corrected chi connectivity index (χ0v) is 13.3. The van der Waals surface area contributed by atoms with Gasteiger partial charge < -0.3 is 4.74 Å². The van der Waals surface area contributed by atoms with Gasteiger partial charge >= 0.3 is 5.97 Å².